The Bertz CT molecular complexity index is 1090. The molecule has 0 aliphatic heterocycles. The van der Waals surface area contributed by atoms with Gasteiger partial charge in [0.15, 0.2) is 11.5 Å². The number of nitrogens with one attached hydrogen (secondary N) is 1. The van der Waals surface area contributed by atoms with Crippen LogP contribution < -0.4 is 14.8 Å². The standard InChI is InChI=1S/C24H23BrClNO4/c1-3-30-22-11-18(13-27-21-10-16(24(28)29)8-9-20(21)26)19(25)12-23(22)31-14-17-7-5-4-6-15(17)2/h4-12,27H,3,13-14H2,1-2H3,(H,28,29). The number of carboxylic acid groups (broad SMARTS) is 1. The molecule has 2 N–H and O–H groups in total. The fraction of sp³-hybridized carbons (Fsp3) is 0.208. The van der Waals surface area contributed by atoms with Crippen molar-refractivity contribution in [3.8, 4) is 11.5 Å². The number of carbonyl (C=O) groups is 1. The molecule has 0 heterocycles. The molecule has 3 aromatic rings. The largest absolute Gasteiger partial charge is 0.490 e. The number of hydrogen-bond acceptors (Lipinski definition) is 4. The molecule has 7 heteroatoms. The maximum Gasteiger partial charge on any atom is 0.335 e. The quantitative estimate of drug-likeness (QED) is 0.339. The van der Waals surface area contributed by atoms with E-state index in [1.165, 1.54) is 17.7 Å². The molecule has 0 unspecified atom stereocenters. The first-order valence-electron chi connectivity index (χ1n) is 9.78. The molecule has 0 amide bonds. The summed E-state index contributed by atoms with van der Waals surface area (Å²) in [6.07, 6.45) is 0. The Labute approximate surface area is 195 Å². The topological polar surface area (TPSA) is 67.8 Å². The van der Waals surface area contributed by atoms with Crippen molar-refractivity contribution in [1.29, 1.82) is 0 Å². The zero-order chi connectivity index (χ0) is 22.4. The van der Waals surface area contributed by atoms with Crippen molar-refractivity contribution in [3.63, 3.8) is 0 Å². The van der Waals surface area contributed by atoms with Gasteiger partial charge in [-0.3, -0.25) is 0 Å². The van der Waals surface area contributed by atoms with Crippen molar-refractivity contribution in [2.45, 2.75) is 27.0 Å². The normalized spacial score (nSPS) is 10.6. The molecule has 0 spiro atoms. The van der Waals surface area contributed by atoms with Gasteiger partial charge >= 0.3 is 5.97 Å². The molecule has 0 aliphatic rings. The Morgan fingerprint density at radius 3 is 2.52 bits per heavy atom. The van der Waals surface area contributed by atoms with Crippen LogP contribution >= 0.6 is 27.5 Å². The van der Waals surface area contributed by atoms with E-state index in [0.717, 1.165) is 15.6 Å². The average Bonchev–Trinajstić information content (AvgIpc) is 2.74. The Kier molecular flexibility index (Phi) is 7.82. The van der Waals surface area contributed by atoms with E-state index in [4.69, 9.17) is 21.1 Å². The van der Waals surface area contributed by atoms with Crippen LogP contribution in [0.4, 0.5) is 5.69 Å². The van der Waals surface area contributed by atoms with Crippen LogP contribution in [0.3, 0.4) is 0 Å². The molecular weight excluding hydrogens is 482 g/mol. The van der Waals surface area contributed by atoms with Gasteiger partial charge in [-0.1, -0.05) is 51.8 Å². The first kappa shape index (κ1) is 23.0. The maximum absolute atomic E-state index is 11.2. The second-order valence-corrected chi connectivity index (χ2v) is 8.15. The van der Waals surface area contributed by atoms with Crippen LogP contribution in [0, 0.1) is 6.92 Å². The maximum atomic E-state index is 11.2. The lowest BCUT2D eigenvalue weighted by molar-refractivity contribution is 0.0697. The molecule has 0 radical (unpaired) electrons. The second-order valence-electron chi connectivity index (χ2n) is 6.89. The Morgan fingerprint density at radius 2 is 1.81 bits per heavy atom. The number of ether oxygens (including phenoxy) is 2. The van der Waals surface area contributed by atoms with Crippen LogP contribution in [0.25, 0.3) is 0 Å². The van der Waals surface area contributed by atoms with E-state index >= 15 is 0 Å². The third kappa shape index (κ3) is 5.93. The third-order valence-electron chi connectivity index (χ3n) is 4.74. The van der Waals surface area contributed by atoms with Gasteiger partial charge in [0, 0.05) is 11.0 Å². The number of aryl methyl sites for hydroxylation is 1. The van der Waals surface area contributed by atoms with Crippen molar-refractivity contribution in [2.24, 2.45) is 0 Å². The minimum Gasteiger partial charge on any atom is -0.490 e. The van der Waals surface area contributed by atoms with Crippen molar-refractivity contribution in [3.05, 3.63) is 86.3 Å². The highest BCUT2D eigenvalue weighted by atomic mass is 79.9. The fourth-order valence-electron chi connectivity index (χ4n) is 3.01. The van der Waals surface area contributed by atoms with Crippen LogP contribution in [0.2, 0.25) is 5.02 Å². The highest BCUT2D eigenvalue weighted by molar-refractivity contribution is 9.10. The van der Waals surface area contributed by atoms with Gasteiger partial charge in [-0.05, 0) is 60.9 Å². The molecule has 31 heavy (non-hydrogen) atoms. The molecule has 0 saturated heterocycles. The summed E-state index contributed by atoms with van der Waals surface area (Å²) in [6.45, 7) is 5.33. The average molecular weight is 505 g/mol. The molecule has 5 nitrogen and oxygen atoms in total. The second kappa shape index (κ2) is 10.6. The first-order chi connectivity index (χ1) is 14.9. The lowest BCUT2D eigenvalue weighted by Crippen LogP contribution is -2.05. The molecule has 0 aromatic heterocycles. The van der Waals surface area contributed by atoms with Crippen molar-refractivity contribution >= 4 is 39.2 Å². The monoisotopic (exact) mass is 503 g/mol. The number of carboxylic acids is 1. The van der Waals surface area contributed by atoms with E-state index in [0.29, 0.717) is 42.0 Å². The highest BCUT2D eigenvalue weighted by Crippen LogP contribution is 2.35. The van der Waals surface area contributed by atoms with Gasteiger partial charge in [0.2, 0.25) is 0 Å². The molecule has 0 bridgehead atoms. The molecule has 3 rings (SSSR count). The summed E-state index contributed by atoms with van der Waals surface area (Å²) >= 11 is 9.81. The predicted molar refractivity (Wildman–Crippen MR) is 127 cm³/mol. The summed E-state index contributed by atoms with van der Waals surface area (Å²) in [5.74, 6) is 0.280. The van der Waals surface area contributed by atoms with Crippen molar-refractivity contribution in [2.75, 3.05) is 11.9 Å². The van der Waals surface area contributed by atoms with Gasteiger partial charge in [-0.2, -0.15) is 0 Å². The van der Waals surface area contributed by atoms with Crippen molar-refractivity contribution in [1.82, 2.24) is 0 Å². The molecule has 0 atom stereocenters. The Balaban J connectivity index is 1.79. The van der Waals surface area contributed by atoms with E-state index in [1.807, 2.05) is 37.3 Å². The zero-order valence-electron chi connectivity index (χ0n) is 17.2. The predicted octanol–water partition coefficient (Wildman–Crippen LogP) is 6.70. The van der Waals surface area contributed by atoms with Crippen LogP contribution in [0.1, 0.15) is 34.0 Å². The van der Waals surface area contributed by atoms with Crippen LogP contribution in [-0.2, 0) is 13.2 Å². The molecule has 0 aliphatic carbocycles. The summed E-state index contributed by atoms with van der Waals surface area (Å²) < 4.78 is 12.7. The van der Waals surface area contributed by atoms with Gasteiger partial charge < -0.3 is 19.9 Å². The Hall–Kier alpha value is -2.70. The number of anilines is 1. The zero-order valence-corrected chi connectivity index (χ0v) is 19.6. The minimum atomic E-state index is -1.00. The fourth-order valence-corrected chi connectivity index (χ4v) is 3.65. The molecule has 0 saturated carbocycles. The molecular formula is C24H23BrClNO4. The van der Waals surface area contributed by atoms with Crippen molar-refractivity contribution < 1.29 is 19.4 Å². The van der Waals surface area contributed by atoms with E-state index in [9.17, 15) is 9.90 Å². The van der Waals surface area contributed by atoms with Gasteiger partial charge in [0.25, 0.3) is 0 Å². The number of hydrogen-bond donors (Lipinski definition) is 2. The first-order valence-corrected chi connectivity index (χ1v) is 11.0. The van der Waals surface area contributed by atoms with E-state index in [1.54, 1.807) is 6.07 Å². The Morgan fingerprint density at radius 1 is 1.06 bits per heavy atom. The number of benzene rings is 3. The highest BCUT2D eigenvalue weighted by Gasteiger charge is 2.13. The van der Waals surface area contributed by atoms with Crippen LogP contribution in [0.15, 0.2) is 59.1 Å². The van der Waals surface area contributed by atoms with E-state index in [2.05, 4.69) is 34.2 Å². The van der Waals surface area contributed by atoms with Crippen LogP contribution in [-0.4, -0.2) is 17.7 Å². The van der Waals surface area contributed by atoms with E-state index in [-0.39, 0.29) is 5.56 Å². The summed E-state index contributed by atoms with van der Waals surface area (Å²) in [5, 5.41) is 12.8. The third-order valence-corrected chi connectivity index (χ3v) is 5.81. The summed E-state index contributed by atoms with van der Waals surface area (Å²) in [7, 11) is 0. The van der Waals surface area contributed by atoms with Gasteiger partial charge in [0.1, 0.15) is 6.61 Å². The number of rotatable bonds is 9. The summed E-state index contributed by atoms with van der Waals surface area (Å²) in [4.78, 5) is 11.2. The lowest BCUT2D eigenvalue weighted by atomic mass is 10.1. The van der Waals surface area contributed by atoms with E-state index < -0.39 is 5.97 Å². The minimum absolute atomic E-state index is 0.168. The van der Waals surface area contributed by atoms with Crippen LogP contribution in [0.5, 0.6) is 11.5 Å². The summed E-state index contributed by atoms with van der Waals surface area (Å²) in [6, 6.07) is 16.4. The smallest absolute Gasteiger partial charge is 0.335 e. The molecule has 0 fully saturated rings. The number of aromatic carboxylic acids is 1. The van der Waals surface area contributed by atoms with Gasteiger partial charge in [-0.25, -0.2) is 4.79 Å². The lowest BCUT2D eigenvalue weighted by Gasteiger charge is -2.17. The van der Waals surface area contributed by atoms with Gasteiger partial charge in [0.05, 0.1) is 22.9 Å². The molecule has 3 aromatic carbocycles. The van der Waals surface area contributed by atoms with Gasteiger partial charge in [-0.15, -0.1) is 0 Å². The molecule has 162 valence electrons. The number of halogens is 2. The summed E-state index contributed by atoms with van der Waals surface area (Å²) in [5.41, 5.74) is 3.91. The SMILES string of the molecule is CCOc1cc(CNc2cc(C(=O)O)ccc2Cl)c(Br)cc1OCc1ccccc1C.